The Kier molecular flexibility index (Phi) is 10.8. The number of ether oxygens (including phenoxy) is 3. The number of hydrogen-bond donors (Lipinski definition) is 2. The second-order valence-corrected chi connectivity index (χ2v) is 4.45. The third-order valence-corrected chi connectivity index (χ3v) is 2.84. The topological polar surface area (TPSA) is 115 Å². The Balaban J connectivity index is 4.55. The Morgan fingerprint density at radius 3 is 2.50 bits per heavy atom. The van der Waals surface area contributed by atoms with Gasteiger partial charge >= 0.3 is 5.97 Å². The average molecular weight is 316 g/mol. The van der Waals surface area contributed by atoms with Crippen molar-refractivity contribution in [2.75, 3.05) is 26.9 Å². The van der Waals surface area contributed by atoms with E-state index in [9.17, 15) is 14.4 Å². The second-order valence-electron chi connectivity index (χ2n) is 4.45. The number of Topliss-reactive ketones (excluding diaryl/α,β-unsaturated/α-hetero) is 1. The van der Waals surface area contributed by atoms with Gasteiger partial charge in [0.25, 0.3) is 0 Å². The highest BCUT2D eigenvalue weighted by molar-refractivity contribution is 6.26. The van der Waals surface area contributed by atoms with Gasteiger partial charge in [-0.05, 0) is 20.3 Å². The summed E-state index contributed by atoms with van der Waals surface area (Å²) in [5.74, 6) is -1.55. The Labute approximate surface area is 130 Å². The number of esters is 1. The summed E-state index contributed by atoms with van der Waals surface area (Å²) in [6.07, 6.45) is -0.0192. The zero-order chi connectivity index (χ0) is 17.0. The highest BCUT2D eigenvalue weighted by Crippen LogP contribution is 2.03. The molecule has 0 aromatic carbocycles. The summed E-state index contributed by atoms with van der Waals surface area (Å²) in [4.78, 5) is 34.9. The van der Waals surface area contributed by atoms with Crippen LogP contribution in [0.5, 0.6) is 0 Å². The van der Waals surface area contributed by atoms with Gasteiger partial charge in [-0.1, -0.05) is 0 Å². The van der Waals surface area contributed by atoms with Crippen LogP contribution >= 0.6 is 0 Å². The second kappa shape index (κ2) is 11.8. The molecule has 0 radical (unpaired) electrons. The quantitative estimate of drug-likeness (QED) is 0.299. The summed E-state index contributed by atoms with van der Waals surface area (Å²) < 4.78 is 14.9. The number of methoxy groups -OCH3 is 1. The standard InChI is InChI=1S/C14H24N2O6/c1-4-21-7-8-22-14(19)12(6-5-11(17)9-15)16-13(18)10(2)20-3/h9-10,12,15H,4-8H2,1-3H3,(H,16,18)/t10-,12+/m1/s1. The van der Waals surface area contributed by atoms with Crippen molar-refractivity contribution in [3.63, 3.8) is 0 Å². The minimum absolute atomic E-state index is 0.0314. The fourth-order valence-corrected chi connectivity index (χ4v) is 1.45. The predicted octanol–water partition coefficient (Wildman–Crippen LogP) is 0.0847. The first-order valence-electron chi connectivity index (χ1n) is 7.07. The molecule has 2 atom stereocenters. The van der Waals surface area contributed by atoms with Gasteiger partial charge in [0.1, 0.15) is 18.8 Å². The van der Waals surface area contributed by atoms with E-state index in [1.807, 2.05) is 6.92 Å². The first-order valence-corrected chi connectivity index (χ1v) is 7.07. The molecule has 0 aliphatic carbocycles. The molecular weight excluding hydrogens is 292 g/mol. The Morgan fingerprint density at radius 1 is 1.27 bits per heavy atom. The monoisotopic (exact) mass is 316 g/mol. The van der Waals surface area contributed by atoms with Crippen molar-refractivity contribution in [2.24, 2.45) is 0 Å². The number of rotatable bonds is 12. The van der Waals surface area contributed by atoms with E-state index in [0.29, 0.717) is 12.8 Å². The average Bonchev–Trinajstić information content (AvgIpc) is 2.53. The molecule has 0 saturated carbocycles. The highest BCUT2D eigenvalue weighted by atomic mass is 16.6. The van der Waals surface area contributed by atoms with Crippen LogP contribution in [-0.4, -0.2) is 63.0 Å². The first kappa shape index (κ1) is 20.2. The van der Waals surface area contributed by atoms with Crippen LogP contribution in [0.15, 0.2) is 0 Å². The molecular formula is C14H24N2O6. The third kappa shape index (κ3) is 8.48. The van der Waals surface area contributed by atoms with Crippen molar-refractivity contribution in [1.82, 2.24) is 5.32 Å². The molecule has 126 valence electrons. The van der Waals surface area contributed by atoms with Crippen LogP contribution in [0, 0.1) is 5.41 Å². The van der Waals surface area contributed by atoms with Crippen LogP contribution in [-0.2, 0) is 28.6 Å². The minimum Gasteiger partial charge on any atom is -0.462 e. The van der Waals surface area contributed by atoms with Gasteiger partial charge in [0.05, 0.1) is 12.8 Å². The van der Waals surface area contributed by atoms with Crippen LogP contribution in [0.3, 0.4) is 0 Å². The zero-order valence-electron chi connectivity index (χ0n) is 13.2. The number of carbonyl (C=O) groups excluding carboxylic acids is 3. The lowest BCUT2D eigenvalue weighted by atomic mass is 10.1. The van der Waals surface area contributed by atoms with Gasteiger partial charge in [-0.15, -0.1) is 0 Å². The molecule has 0 spiro atoms. The molecule has 22 heavy (non-hydrogen) atoms. The number of nitrogens with one attached hydrogen (secondary N) is 2. The fraction of sp³-hybridized carbons (Fsp3) is 0.714. The summed E-state index contributed by atoms with van der Waals surface area (Å²) in [6.45, 7) is 4.20. The molecule has 0 saturated heterocycles. The van der Waals surface area contributed by atoms with Crippen LogP contribution < -0.4 is 5.32 Å². The van der Waals surface area contributed by atoms with E-state index in [0.717, 1.165) is 0 Å². The number of amides is 1. The van der Waals surface area contributed by atoms with E-state index < -0.39 is 29.8 Å². The van der Waals surface area contributed by atoms with Crippen molar-refractivity contribution < 1.29 is 28.6 Å². The van der Waals surface area contributed by atoms with Crippen LogP contribution in [0.4, 0.5) is 0 Å². The molecule has 8 heteroatoms. The van der Waals surface area contributed by atoms with E-state index >= 15 is 0 Å². The summed E-state index contributed by atoms with van der Waals surface area (Å²) in [6, 6.07) is -0.962. The van der Waals surface area contributed by atoms with Crippen molar-refractivity contribution in [2.45, 2.75) is 38.8 Å². The molecule has 0 unspecified atom stereocenters. The van der Waals surface area contributed by atoms with E-state index in [1.54, 1.807) is 0 Å². The van der Waals surface area contributed by atoms with E-state index in [-0.39, 0.29) is 26.1 Å². The molecule has 0 fully saturated rings. The summed E-state index contributed by atoms with van der Waals surface area (Å²) in [7, 11) is 1.37. The van der Waals surface area contributed by atoms with Crippen molar-refractivity contribution in [1.29, 1.82) is 5.41 Å². The molecule has 0 aliphatic rings. The molecule has 1 amide bonds. The van der Waals surface area contributed by atoms with Crippen molar-refractivity contribution in [3.8, 4) is 0 Å². The largest absolute Gasteiger partial charge is 0.462 e. The van der Waals surface area contributed by atoms with Crippen LogP contribution in [0.25, 0.3) is 0 Å². The van der Waals surface area contributed by atoms with Crippen LogP contribution in [0.2, 0.25) is 0 Å². The molecule has 0 bridgehead atoms. The number of ketones is 1. The maximum absolute atomic E-state index is 12.0. The zero-order valence-corrected chi connectivity index (χ0v) is 13.2. The normalized spacial score (nSPS) is 13.0. The Bertz CT molecular complexity index is 386. The first-order chi connectivity index (χ1) is 10.5. The fourth-order valence-electron chi connectivity index (χ4n) is 1.45. The van der Waals surface area contributed by atoms with Crippen molar-refractivity contribution in [3.05, 3.63) is 0 Å². The number of carbonyl (C=O) groups is 3. The van der Waals surface area contributed by atoms with Gasteiger partial charge < -0.3 is 24.9 Å². The smallest absolute Gasteiger partial charge is 0.328 e. The van der Waals surface area contributed by atoms with Gasteiger partial charge in [0.15, 0.2) is 5.78 Å². The lowest BCUT2D eigenvalue weighted by Crippen LogP contribution is -2.46. The van der Waals surface area contributed by atoms with E-state index in [1.165, 1.54) is 14.0 Å². The van der Waals surface area contributed by atoms with Gasteiger partial charge in [0.2, 0.25) is 5.91 Å². The number of hydrogen-bond acceptors (Lipinski definition) is 7. The molecule has 0 aromatic heterocycles. The third-order valence-electron chi connectivity index (χ3n) is 2.84. The summed E-state index contributed by atoms with van der Waals surface area (Å²) in [5, 5.41) is 9.32. The van der Waals surface area contributed by atoms with Gasteiger partial charge in [-0.25, -0.2) is 4.79 Å². The molecule has 0 aliphatic heterocycles. The van der Waals surface area contributed by atoms with Crippen LogP contribution in [0.1, 0.15) is 26.7 Å². The van der Waals surface area contributed by atoms with E-state index in [2.05, 4.69) is 5.32 Å². The summed E-state index contributed by atoms with van der Waals surface area (Å²) in [5.41, 5.74) is 0. The molecule has 8 nitrogen and oxygen atoms in total. The lowest BCUT2D eigenvalue weighted by molar-refractivity contribution is -0.150. The van der Waals surface area contributed by atoms with Crippen molar-refractivity contribution >= 4 is 23.9 Å². The Morgan fingerprint density at radius 2 is 1.95 bits per heavy atom. The maximum atomic E-state index is 12.0. The maximum Gasteiger partial charge on any atom is 0.328 e. The van der Waals surface area contributed by atoms with E-state index in [4.69, 9.17) is 19.6 Å². The predicted molar refractivity (Wildman–Crippen MR) is 78.9 cm³/mol. The Hall–Kier alpha value is -1.80. The molecule has 0 rings (SSSR count). The van der Waals surface area contributed by atoms with Gasteiger partial charge in [-0.3, -0.25) is 9.59 Å². The van der Waals surface area contributed by atoms with Gasteiger partial charge in [-0.2, -0.15) is 0 Å². The van der Waals surface area contributed by atoms with Gasteiger partial charge in [0, 0.05) is 20.1 Å². The lowest BCUT2D eigenvalue weighted by Gasteiger charge is -2.19. The molecule has 0 heterocycles. The molecule has 2 N–H and O–H groups in total. The SMILES string of the molecule is CCOCCOC(=O)[C@H](CCC(=O)C=N)NC(=O)[C@@H](C)OC. The summed E-state index contributed by atoms with van der Waals surface area (Å²) >= 11 is 0. The highest BCUT2D eigenvalue weighted by Gasteiger charge is 2.25. The minimum atomic E-state index is -0.962. The molecule has 0 aromatic rings.